The molecule has 2 aromatic carbocycles. The molecule has 2 aliphatic heterocycles. The molecule has 2 heterocycles. The summed E-state index contributed by atoms with van der Waals surface area (Å²) in [6.45, 7) is 4.14. The summed E-state index contributed by atoms with van der Waals surface area (Å²) in [5.41, 5.74) is 3.32. The second-order valence-corrected chi connectivity index (χ2v) is 9.05. The van der Waals surface area contributed by atoms with Gasteiger partial charge >= 0.3 is 0 Å². The Labute approximate surface area is 182 Å². The molecule has 0 aromatic heterocycles. The summed E-state index contributed by atoms with van der Waals surface area (Å²) in [4.78, 5) is 28.9. The minimum atomic E-state index is -0.355. The number of carbonyl (C=O) groups excluding carboxylic acids is 1. The van der Waals surface area contributed by atoms with Crippen molar-refractivity contribution in [3.63, 3.8) is 0 Å². The highest BCUT2D eigenvalue weighted by atomic mass is 16.6. The van der Waals surface area contributed by atoms with Crippen LogP contribution in [-0.2, 0) is 17.8 Å². The first-order valence-corrected chi connectivity index (χ1v) is 11.2. The number of nitro groups is 1. The zero-order valence-electron chi connectivity index (χ0n) is 17.6. The van der Waals surface area contributed by atoms with Crippen LogP contribution in [0.4, 0.5) is 11.4 Å². The van der Waals surface area contributed by atoms with Gasteiger partial charge in [-0.15, -0.1) is 0 Å². The fourth-order valence-electron chi connectivity index (χ4n) is 4.97. The van der Waals surface area contributed by atoms with Crippen molar-refractivity contribution >= 4 is 17.3 Å². The van der Waals surface area contributed by atoms with Crippen molar-refractivity contribution in [2.75, 3.05) is 31.1 Å². The number of rotatable bonds is 6. The number of hydrogen-bond donors (Lipinski definition) is 1. The van der Waals surface area contributed by atoms with E-state index in [1.165, 1.54) is 18.4 Å². The van der Waals surface area contributed by atoms with Gasteiger partial charge in [0.2, 0.25) is 5.91 Å². The molecule has 0 spiro atoms. The number of nitrogens with zero attached hydrogens (tertiary/aromatic N) is 3. The number of benzene rings is 2. The van der Waals surface area contributed by atoms with E-state index < -0.39 is 0 Å². The minimum absolute atomic E-state index is 0.0746. The van der Waals surface area contributed by atoms with Crippen molar-refractivity contribution in [3.05, 3.63) is 69.8 Å². The fourth-order valence-corrected chi connectivity index (χ4v) is 4.97. The lowest BCUT2D eigenvalue weighted by atomic mass is 9.83. The summed E-state index contributed by atoms with van der Waals surface area (Å²) in [7, 11) is 0. The average Bonchev–Trinajstić information content (AvgIpc) is 3.61. The summed E-state index contributed by atoms with van der Waals surface area (Å²) in [5.74, 6) is 0.505. The van der Waals surface area contributed by atoms with Crippen LogP contribution in [0.25, 0.3) is 0 Å². The van der Waals surface area contributed by atoms with E-state index in [0.717, 1.165) is 44.0 Å². The molecule has 0 bridgehead atoms. The summed E-state index contributed by atoms with van der Waals surface area (Å²) in [6, 6.07) is 15.6. The molecule has 31 heavy (non-hydrogen) atoms. The number of piperazine rings is 1. The Bertz CT molecular complexity index is 976. The normalized spacial score (nSPS) is 23.0. The number of nitro benzene ring substituents is 1. The van der Waals surface area contributed by atoms with E-state index in [4.69, 9.17) is 0 Å². The SMILES string of the molecule is O=C(NCC1CC1)C1Cc2cc([N+](=O)[O-])ccc2N2CCN(Cc3ccccc3)CC12. The molecule has 1 aliphatic carbocycles. The Morgan fingerprint density at radius 3 is 2.68 bits per heavy atom. The molecule has 1 saturated carbocycles. The van der Waals surface area contributed by atoms with Gasteiger partial charge in [-0.3, -0.25) is 19.8 Å². The van der Waals surface area contributed by atoms with Crippen molar-refractivity contribution in [1.82, 2.24) is 10.2 Å². The molecule has 2 aromatic rings. The van der Waals surface area contributed by atoms with Crippen LogP contribution in [0.2, 0.25) is 0 Å². The van der Waals surface area contributed by atoms with Crippen LogP contribution < -0.4 is 10.2 Å². The van der Waals surface area contributed by atoms with Crippen LogP contribution in [-0.4, -0.2) is 48.0 Å². The zero-order chi connectivity index (χ0) is 21.4. The van der Waals surface area contributed by atoms with Crippen LogP contribution in [0, 0.1) is 22.0 Å². The van der Waals surface area contributed by atoms with Gasteiger partial charge < -0.3 is 10.2 Å². The molecule has 1 N–H and O–H groups in total. The maximum atomic E-state index is 13.2. The first-order valence-electron chi connectivity index (χ1n) is 11.2. The van der Waals surface area contributed by atoms with Gasteiger partial charge in [0.25, 0.3) is 5.69 Å². The largest absolute Gasteiger partial charge is 0.365 e. The van der Waals surface area contributed by atoms with E-state index in [9.17, 15) is 14.9 Å². The molecule has 162 valence electrons. The number of non-ortho nitro benzene ring substituents is 1. The quantitative estimate of drug-likeness (QED) is 0.574. The molecular formula is C24H28N4O3. The van der Waals surface area contributed by atoms with Crippen molar-refractivity contribution in [2.24, 2.45) is 11.8 Å². The molecule has 1 amide bonds. The molecule has 2 fully saturated rings. The van der Waals surface area contributed by atoms with Gasteiger partial charge in [-0.25, -0.2) is 0 Å². The maximum absolute atomic E-state index is 13.2. The van der Waals surface area contributed by atoms with Crippen molar-refractivity contribution < 1.29 is 9.72 Å². The fraction of sp³-hybridized carbons (Fsp3) is 0.458. The number of carbonyl (C=O) groups is 1. The van der Waals surface area contributed by atoms with E-state index in [1.807, 2.05) is 12.1 Å². The van der Waals surface area contributed by atoms with Gasteiger partial charge in [-0.05, 0) is 42.4 Å². The predicted molar refractivity (Wildman–Crippen MR) is 119 cm³/mol. The van der Waals surface area contributed by atoms with E-state index in [1.54, 1.807) is 12.1 Å². The molecule has 5 rings (SSSR count). The van der Waals surface area contributed by atoms with Gasteiger partial charge in [0.15, 0.2) is 0 Å². The Kier molecular flexibility index (Phi) is 5.36. The molecule has 2 unspecified atom stereocenters. The predicted octanol–water partition coefficient (Wildman–Crippen LogP) is 2.98. The first-order chi connectivity index (χ1) is 15.1. The Hall–Kier alpha value is -2.93. The minimum Gasteiger partial charge on any atom is -0.365 e. The molecule has 7 nitrogen and oxygen atoms in total. The number of hydrogen-bond acceptors (Lipinski definition) is 5. The Balaban J connectivity index is 1.40. The lowest BCUT2D eigenvalue weighted by Gasteiger charge is -2.49. The van der Waals surface area contributed by atoms with Gasteiger partial charge in [-0.2, -0.15) is 0 Å². The third kappa shape index (κ3) is 4.28. The third-order valence-corrected chi connectivity index (χ3v) is 6.84. The second-order valence-electron chi connectivity index (χ2n) is 9.05. The van der Waals surface area contributed by atoms with Crippen LogP contribution in [0.5, 0.6) is 0 Å². The standard InChI is InChI=1S/C24H28N4O3/c29-24(25-14-17-6-7-17)21-13-19-12-20(28(30)31)8-9-22(19)27-11-10-26(16-23(21)27)15-18-4-2-1-3-5-18/h1-5,8-9,12,17,21,23H,6-7,10-11,13-16H2,(H,25,29). The van der Waals surface area contributed by atoms with Gasteiger partial charge in [-0.1, -0.05) is 30.3 Å². The van der Waals surface area contributed by atoms with Gasteiger partial charge in [0, 0.05) is 50.5 Å². The highest BCUT2D eigenvalue weighted by Crippen LogP contribution is 2.38. The highest BCUT2D eigenvalue weighted by Gasteiger charge is 2.42. The lowest BCUT2D eigenvalue weighted by Crippen LogP contribution is -2.61. The number of nitrogens with one attached hydrogen (secondary N) is 1. The summed E-state index contributed by atoms with van der Waals surface area (Å²) < 4.78 is 0. The summed E-state index contributed by atoms with van der Waals surface area (Å²) in [6.07, 6.45) is 2.94. The van der Waals surface area contributed by atoms with Crippen LogP contribution in [0.3, 0.4) is 0 Å². The monoisotopic (exact) mass is 420 g/mol. The van der Waals surface area contributed by atoms with Crippen molar-refractivity contribution in [3.8, 4) is 0 Å². The molecule has 1 saturated heterocycles. The average molecular weight is 421 g/mol. The molecule has 0 radical (unpaired) electrons. The Morgan fingerprint density at radius 1 is 1.13 bits per heavy atom. The highest BCUT2D eigenvalue weighted by molar-refractivity contribution is 5.82. The molecule has 2 atom stereocenters. The van der Waals surface area contributed by atoms with Crippen LogP contribution in [0.1, 0.15) is 24.0 Å². The van der Waals surface area contributed by atoms with E-state index in [-0.39, 0.29) is 28.5 Å². The van der Waals surface area contributed by atoms with E-state index in [0.29, 0.717) is 12.3 Å². The maximum Gasteiger partial charge on any atom is 0.269 e. The number of amides is 1. The summed E-state index contributed by atoms with van der Waals surface area (Å²) >= 11 is 0. The zero-order valence-corrected chi connectivity index (χ0v) is 17.6. The van der Waals surface area contributed by atoms with Gasteiger partial charge in [0.05, 0.1) is 16.9 Å². The van der Waals surface area contributed by atoms with Crippen LogP contribution in [0.15, 0.2) is 48.5 Å². The Morgan fingerprint density at radius 2 is 1.94 bits per heavy atom. The number of fused-ring (bicyclic) bond motifs is 3. The molecular weight excluding hydrogens is 392 g/mol. The lowest BCUT2D eigenvalue weighted by molar-refractivity contribution is -0.384. The van der Waals surface area contributed by atoms with Crippen molar-refractivity contribution in [2.45, 2.75) is 31.8 Å². The van der Waals surface area contributed by atoms with E-state index in [2.05, 4.69) is 39.4 Å². The smallest absolute Gasteiger partial charge is 0.269 e. The molecule has 3 aliphatic rings. The second kappa shape index (κ2) is 8.30. The topological polar surface area (TPSA) is 78.7 Å². The summed E-state index contributed by atoms with van der Waals surface area (Å²) in [5, 5.41) is 14.5. The van der Waals surface area contributed by atoms with Crippen molar-refractivity contribution in [1.29, 1.82) is 0 Å². The number of anilines is 1. The third-order valence-electron chi connectivity index (χ3n) is 6.84. The van der Waals surface area contributed by atoms with E-state index >= 15 is 0 Å². The molecule has 7 heteroatoms. The van der Waals surface area contributed by atoms with Gasteiger partial charge in [0.1, 0.15) is 0 Å². The van der Waals surface area contributed by atoms with Crippen LogP contribution >= 0.6 is 0 Å². The first kappa shape index (κ1) is 20.0.